The minimum Gasteiger partial charge on any atom is -0.461 e. The summed E-state index contributed by atoms with van der Waals surface area (Å²) in [6.07, 6.45) is 6.21. The molecular formula is C28H34ClFN6O3. The molecule has 39 heavy (non-hydrogen) atoms. The molecule has 4 aliphatic heterocycles. The quantitative estimate of drug-likeness (QED) is 0.400. The highest BCUT2D eigenvalue weighted by Crippen LogP contribution is 2.57. The molecule has 5 fully saturated rings. The van der Waals surface area contributed by atoms with Crippen molar-refractivity contribution in [1.82, 2.24) is 24.8 Å². The van der Waals surface area contributed by atoms with E-state index in [0.717, 1.165) is 38.1 Å². The van der Waals surface area contributed by atoms with Gasteiger partial charge in [0.05, 0.1) is 23.0 Å². The van der Waals surface area contributed by atoms with Crippen molar-refractivity contribution < 1.29 is 18.7 Å². The Morgan fingerprint density at radius 2 is 2.00 bits per heavy atom. The van der Waals surface area contributed by atoms with E-state index in [1.54, 1.807) is 0 Å². The van der Waals surface area contributed by atoms with E-state index in [1.807, 2.05) is 25.7 Å². The number of hydrogen-bond acceptors (Lipinski definition) is 8. The van der Waals surface area contributed by atoms with E-state index in [0.29, 0.717) is 36.9 Å². The summed E-state index contributed by atoms with van der Waals surface area (Å²) in [4.78, 5) is 32.8. The number of ether oxygens (including phenoxy) is 2. The highest BCUT2D eigenvalue weighted by atomic mass is 35.5. The van der Waals surface area contributed by atoms with E-state index in [9.17, 15) is 4.79 Å². The predicted molar refractivity (Wildman–Crippen MR) is 145 cm³/mol. The first-order valence-corrected chi connectivity index (χ1v) is 14.2. The summed E-state index contributed by atoms with van der Waals surface area (Å²) in [5.74, 6) is 0.598. The number of piperidine rings is 1. The number of halogens is 2. The second-order valence-electron chi connectivity index (χ2n) is 13.0. The minimum atomic E-state index is -0.686. The van der Waals surface area contributed by atoms with Crippen LogP contribution < -0.4 is 9.64 Å². The number of anilines is 1. The molecule has 2 aromatic heterocycles. The van der Waals surface area contributed by atoms with Crippen LogP contribution in [0.4, 0.5) is 15.0 Å². The highest BCUT2D eigenvalue weighted by molar-refractivity contribution is 6.30. The standard InChI is InChI=1S/C28H34ClFN6O3/c1-15-8-28(9-16-7-20(16)35(28)11-15)14-38-25-32-22-19(10-31-23(29)21(22)30)24(33-25)34-12-17-5-6-18(13-34)36(17)26(37)39-27(2,3)4/h10,16-18,20H,1,5-9,11-14H2,2-4H3/t16-,17?,18?,20-,28?/m0/s1. The van der Waals surface area contributed by atoms with Crippen LogP contribution in [0, 0.1) is 11.7 Å². The molecule has 0 radical (unpaired) electrons. The number of aromatic nitrogens is 3. The summed E-state index contributed by atoms with van der Waals surface area (Å²) in [5.41, 5.74) is 0.671. The fraction of sp³-hybridized carbons (Fsp3) is 0.643. The number of rotatable bonds is 4. The summed E-state index contributed by atoms with van der Waals surface area (Å²) in [7, 11) is 0. The van der Waals surface area contributed by atoms with Crippen molar-refractivity contribution in [3.63, 3.8) is 0 Å². The number of pyridine rings is 1. The van der Waals surface area contributed by atoms with Crippen molar-refractivity contribution in [3.05, 3.63) is 29.3 Å². The van der Waals surface area contributed by atoms with Gasteiger partial charge in [0.15, 0.2) is 11.0 Å². The second-order valence-corrected chi connectivity index (χ2v) is 13.3. The molecule has 5 atom stereocenters. The Balaban J connectivity index is 1.18. The molecule has 0 aromatic carbocycles. The third-order valence-electron chi connectivity index (χ3n) is 8.97. The van der Waals surface area contributed by atoms with Crippen molar-refractivity contribution >= 4 is 34.4 Å². The maximum absolute atomic E-state index is 15.2. The Morgan fingerprint density at radius 3 is 2.72 bits per heavy atom. The van der Waals surface area contributed by atoms with Gasteiger partial charge in [0.1, 0.15) is 23.5 Å². The van der Waals surface area contributed by atoms with Gasteiger partial charge >= 0.3 is 12.1 Å². The van der Waals surface area contributed by atoms with E-state index >= 15 is 4.39 Å². The van der Waals surface area contributed by atoms with Gasteiger partial charge in [-0.1, -0.05) is 23.8 Å². The largest absolute Gasteiger partial charge is 0.461 e. The average Bonchev–Trinajstić information content (AvgIpc) is 3.33. The molecule has 208 valence electrons. The van der Waals surface area contributed by atoms with Crippen LogP contribution in [0.1, 0.15) is 52.9 Å². The zero-order chi connectivity index (χ0) is 27.3. The molecule has 5 aliphatic rings. The van der Waals surface area contributed by atoms with Gasteiger partial charge in [0.25, 0.3) is 0 Å². The topological polar surface area (TPSA) is 83.9 Å². The summed E-state index contributed by atoms with van der Waals surface area (Å²) >= 11 is 6.06. The van der Waals surface area contributed by atoms with Crippen LogP contribution in [0.5, 0.6) is 6.01 Å². The number of piperazine rings is 1. The van der Waals surface area contributed by atoms with Crippen LogP contribution in [-0.2, 0) is 4.74 Å². The summed E-state index contributed by atoms with van der Waals surface area (Å²) < 4.78 is 27.2. The molecule has 2 aromatic rings. The van der Waals surface area contributed by atoms with Gasteiger partial charge in [0, 0.05) is 31.9 Å². The fourth-order valence-corrected chi connectivity index (χ4v) is 7.53. The summed E-state index contributed by atoms with van der Waals surface area (Å²) in [6, 6.07) is 0.702. The molecule has 0 spiro atoms. The molecule has 11 heteroatoms. The third kappa shape index (κ3) is 4.22. The number of carbonyl (C=O) groups excluding carboxylic acids is 1. The molecule has 1 amide bonds. The lowest BCUT2D eigenvalue weighted by Crippen LogP contribution is -2.57. The maximum atomic E-state index is 15.2. The van der Waals surface area contributed by atoms with Crippen LogP contribution in [-0.4, -0.2) is 86.4 Å². The van der Waals surface area contributed by atoms with Crippen LogP contribution in [0.25, 0.3) is 10.9 Å². The van der Waals surface area contributed by atoms with E-state index in [-0.39, 0.29) is 40.4 Å². The van der Waals surface area contributed by atoms with Crippen LogP contribution in [0.3, 0.4) is 0 Å². The highest BCUT2D eigenvalue weighted by Gasteiger charge is 2.62. The molecule has 1 saturated carbocycles. The maximum Gasteiger partial charge on any atom is 0.410 e. The fourth-order valence-electron chi connectivity index (χ4n) is 7.40. The number of amides is 1. The number of nitrogens with zero attached hydrogens (tertiary/aromatic N) is 6. The molecule has 9 nitrogen and oxygen atoms in total. The minimum absolute atomic E-state index is 0.0275. The predicted octanol–water partition coefficient (Wildman–Crippen LogP) is 4.58. The van der Waals surface area contributed by atoms with Crippen molar-refractivity contribution in [2.45, 2.75) is 82.1 Å². The lowest BCUT2D eigenvalue weighted by atomic mass is 9.92. The molecule has 1 aliphatic carbocycles. The Morgan fingerprint density at radius 1 is 1.26 bits per heavy atom. The number of fused-ring (bicyclic) bond motifs is 6. The monoisotopic (exact) mass is 556 g/mol. The van der Waals surface area contributed by atoms with Crippen LogP contribution >= 0.6 is 11.6 Å². The van der Waals surface area contributed by atoms with Crippen molar-refractivity contribution in [2.75, 3.05) is 31.1 Å². The number of hydrogen-bond donors (Lipinski definition) is 0. The van der Waals surface area contributed by atoms with Crippen molar-refractivity contribution in [3.8, 4) is 6.01 Å². The first-order chi connectivity index (χ1) is 18.5. The Kier molecular flexibility index (Phi) is 5.59. The number of carbonyl (C=O) groups is 1. The first kappa shape index (κ1) is 25.3. The van der Waals surface area contributed by atoms with E-state index in [1.165, 1.54) is 18.2 Å². The first-order valence-electron chi connectivity index (χ1n) is 13.9. The van der Waals surface area contributed by atoms with Crippen LogP contribution in [0.2, 0.25) is 5.15 Å². The molecular weight excluding hydrogens is 523 g/mol. The van der Waals surface area contributed by atoms with Gasteiger partial charge in [-0.25, -0.2) is 14.2 Å². The summed E-state index contributed by atoms with van der Waals surface area (Å²) in [5, 5.41) is 0.242. The van der Waals surface area contributed by atoms with Gasteiger partial charge in [-0.05, 0) is 58.8 Å². The normalized spacial score (nSPS) is 31.6. The van der Waals surface area contributed by atoms with Crippen LogP contribution in [0.15, 0.2) is 18.3 Å². The Labute approximate surface area is 232 Å². The lowest BCUT2D eigenvalue weighted by molar-refractivity contribution is 0.0122. The third-order valence-corrected chi connectivity index (χ3v) is 9.23. The van der Waals surface area contributed by atoms with Crippen molar-refractivity contribution in [2.24, 2.45) is 5.92 Å². The SMILES string of the molecule is C=C1CN2[C@H]3C[C@H]3CC2(COc2nc(N3CC4CCC(C3)N4C(=O)OC(C)(C)C)c3cnc(Cl)c(F)c3n2)C1. The Bertz CT molecular complexity index is 1370. The van der Waals surface area contributed by atoms with Gasteiger partial charge in [-0.2, -0.15) is 9.97 Å². The molecule has 2 bridgehead atoms. The van der Waals surface area contributed by atoms with Gasteiger partial charge in [0.2, 0.25) is 0 Å². The zero-order valence-corrected chi connectivity index (χ0v) is 23.4. The second kappa shape index (κ2) is 8.64. The molecule has 0 N–H and O–H groups in total. The van der Waals surface area contributed by atoms with Gasteiger partial charge in [-0.3, -0.25) is 9.80 Å². The smallest absolute Gasteiger partial charge is 0.410 e. The molecule has 7 rings (SSSR count). The van der Waals surface area contributed by atoms with E-state index < -0.39 is 11.4 Å². The Hall–Kier alpha value is -2.72. The van der Waals surface area contributed by atoms with Gasteiger partial charge < -0.3 is 14.4 Å². The average molecular weight is 557 g/mol. The van der Waals surface area contributed by atoms with Crippen molar-refractivity contribution in [1.29, 1.82) is 0 Å². The van der Waals surface area contributed by atoms with E-state index in [4.69, 9.17) is 26.1 Å². The molecule has 4 saturated heterocycles. The molecule has 3 unspecified atom stereocenters. The molecule has 6 heterocycles. The summed E-state index contributed by atoms with van der Waals surface area (Å²) in [6.45, 7) is 12.3. The lowest BCUT2D eigenvalue weighted by Gasteiger charge is -2.42. The zero-order valence-electron chi connectivity index (χ0n) is 22.6. The van der Waals surface area contributed by atoms with Gasteiger partial charge in [-0.15, -0.1) is 0 Å². The van der Waals surface area contributed by atoms with E-state index in [2.05, 4.69) is 26.3 Å².